The van der Waals surface area contributed by atoms with Gasteiger partial charge in [-0.05, 0) is 24.1 Å². The highest BCUT2D eigenvalue weighted by Gasteiger charge is 2.27. The summed E-state index contributed by atoms with van der Waals surface area (Å²) in [7, 11) is 0. The molecule has 6 nitrogen and oxygen atoms in total. The number of aliphatic imine (C=N–C) groups is 1. The van der Waals surface area contributed by atoms with Gasteiger partial charge in [-0.2, -0.15) is 9.49 Å². The highest BCUT2D eigenvalue weighted by atomic mass is 19.1. The summed E-state index contributed by atoms with van der Waals surface area (Å²) >= 11 is 0. The van der Waals surface area contributed by atoms with E-state index in [1.54, 1.807) is 10.9 Å². The first-order valence-electron chi connectivity index (χ1n) is 8.16. The van der Waals surface area contributed by atoms with Crippen molar-refractivity contribution in [3.63, 3.8) is 0 Å². The third-order valence-corrected chi connectivity index (χ3v) is 4.32. The number of amides is 1. The maximum absolute atomic E-state index is 14.1. The lowest BCUT2D eigenvalue weighted by molar-refractivity contribution is 0.0951. The number of carbonyl (C=O) groups excluding carboxylic acids is 1. The fraction of sp³-hybridized carbons (Fsp3) is 0.278. The van der Waals surface area contributed by atoms with Crippen molar-refractivity contribution in [2.75, 3.05) is 6.54 Å². The first-order chi connectivity index (χ1) is 12.1. The van der Waals surface area contributed by atoms with Gasteiger partial charge in [-0.3, -0.25) is 9.79 Å². The van der Waals surface area contributed by atoms with Crippen molar-refractivity contribution in [1.29, 1.82) is 0 Å². The van der Waals surface area contributed by atoms with Crippen LogP contribution in [0.3, 0.4) is 0 Å². The molecule has 1 aromatic heterocycles. The van der Waals surface area contributed by atoms with E-state index in [9.17, 15) is 9.18 Å². The molecule has 0 radical (unpaired) electrons. The number of carbonyl (C=O) groups is 1. The van der Waals surface area contributed by atoms with Gasteiger partial charge in [-0.1, -0.05) is 6.92 Å². The third-order valence-electron chi connectivity index (χ3n) is 4.32. The molecular formula is C18H17FN4O2. The van der Waals surface area contributed by atoms with Crippen LogP contribution in [0.25, 0.3) is 11.8 Å². The minimum absolute atomic E-state index is 0.0445. The summed E-state index contributed by atoms with van der Waals surface area (Å²) in [5.41, 5.74) is 2.81. The van der Waals surface area contributed by atoms with Crippen LogP contribution in [0.2, 0.25) is 0 Å². The summed E-state index contributed by atoms with van der Waals surface area (Å²) in [5.74, 6) is 0.202. The number of nitrogens with one attached hydrogen (secondary N) is 1. The van der Waals surface area contributed by atoms with Crippen molar-refractivity contribution in [2.45, 2.75) is 19.8 Å². The first-order valence-corrected chi connectivity index (χ1v) is 8.16. The second-order valence-corrected chi connectivity index (χ2v) is 6.24. The van der Waals surface area contributed by atoms with Gasteiger partial charge in [-0.25, -0.2) is 4.68 Å². The summed E-state index contributed by atoms with van der Waals surface area (Å²) in [6.07, 6.45) is 11.1. The van der Waals surface area contributed by atoms with Crippen molar-refractivity contribution < 1.29 is 13.9 Å². The fourth-order valence-electron chi connectivity index (χ4n) is 3.04. The van der Waals surface area contributed by atoms with Gasteiger partial charge in [-0.15, -0.1) is 0 Å². The molecule has 7 heteroatoms. The van der Waals surface area contributed by atoms with E-state index in [1.165, 1.54) is 6.20 Å². The minimum atomic E-state index is -0.772. The Morgan fingerprint density at radius 2 is 2.28 bits per heavy atom. The van der Waals surface area contributed by atoms with Gasteiger partial charge in [0, 0.05) is 36.9 Å². The average molecular weight is 340 g/mol. The molecule has 0 fully saturated rings. The van der Waals surface area contributed by atoms with Crippen LogP contribution in [0, 0.1) is 5.92 Å². The molecule has 0 aromatic carbocycles. The lowest BCUT2D eigenvalue weighted by Crippen LogP contribution is -2.29. The van der Waals surface area contributed by atoms with Gasteiger partial charge in [0.2, 0.25) is 0 Å². The number of aromatic nitrogens is 2. The number of halogens is 1. The van der Waals surface area contributed by atoms with E-state index in [0.29, 0.717) is 35.6 Å². The number of allylic oxidation sites excluding steroid dienone is 5. The van der Waals surface area contributed by atoms with E-state index in [1.807, 2.05) is 25.3 Å². The lowest BCUT2D eigenvalue weighted by Gasteiger charge is -2.18. The Balaban J connectivity index is 1.89. The Morgan fingerprint density at radius 1 is 1.40 bits per heavy atom. The normalized spacial score (nSPS) is 26.0. The lowest BCUT2D eigenvalue weighted by atomic mass is 9.94. The first kappa shape index (κ1) is 15.6. The molecule has 1 atom stereocenters. The number of hydrogen-bond acceptors (Lipinski definition) is 4. The monoisotopic (exact) mass is 340 g/mol. The minimum Gasteiger partial charge on any atom is -0.434 e. The van der Waals surface area contributed by atoms with E-state index in [-0.39, 0.29) is 11.8 Å². The molecule has 1 aliphatic carbocycles. The van der Waals surface area contributed by atoms with E-state index >= 15 is 0 Å². The number of nitrogens with zero attached hydrogens (tertiary/aromatic N) is 3. The third kappa shape index (κ3) is 2.93. The Labute approximate surface area is 144 Å². The molecule has 4 rings (SSSR count). The van der Waals surface area contributed by atoms with Crippen LogP contribution in [0.1, 0.15) is 35.8 Å². The molecule has 128 valence electrons. The molecule has 1 N–H and O–H groups in total. The van der Waals surface area contributed by atoms with Crippen LogP contribution >= 0.6 is 0 Å². The van der Waals surface area contributed by atoms with E-state index in [2.05, 4.69) is 15.4 Å². The highest BCUT2D eigenvalue weighted by molar-refractivity contribution is 6.00. The Bertz CT molecular complexity index is 889. The molecule has 25 heavy (non-hydrogen) atoms. The zero-order valence-corrected chi connectivity index (χ0v) is 13.7. The predicted octanol–water partition coefficient (Wildman–Crippen LogP) is 3.03. The molecule has 2 bridgehead atoms. The number of hydrogen-bond donors (Lipinski definition) is 1. The van der Waals surface area contributed by atoms with Crippen LogP contribution in [-0.2, 0) is 4.74 Å². The quantitative estimate of drug-likeness (QED) is 0.789. The molecule has 0 saturated carbocycles. The summed E-state index contributed by atoms with van der Waals surface area (Å²) < 4.78 is 21.2. The van der Waals surface area contributed by atoms with Crippen LogP contribution in [0.5, 0.6) is 0 Å². The van der Waals surface area contributed by atoms with Crippen molar-refractivity contribution in [3.05, 3.63) is 53.2 Å². The molecule has 0 spiro atoms. The van der Waals surface area contributed by atoms with Gasteiger partial charge in [0.15, 0.2) is 0 Å². The smallest absolute Gasteiger partial charge is 0.296 e. The molecule has 0 saturated heterocycles. The van der Waals surface area contributed by atoms with E-state index in [4.69, 9.17) is 4.74 Å². The van der Waals surface area contributed by atoms with Crippen molar-refractivity contribution >= 4 is 23.9 Å². The molecule has 3 heterocycles. The van der Waals surface area contributed by atoms with Crippen molar-refractivity contribution in [1.82, 2.24) is 15.1 Å². The Hall–Kier alpha value is -2.96. The summed E-state index contributed by atoms with van der Waals surface area (Å²) in [6.45, 7) is 2.28. The topological polar surface area (TPSA) is 68.5 Å². The largest absolute Gasteiger partial charge is 0.434 e. The second-order valence-electron chi connectivity index (χ2n) is 6.24. The van der Waals surface area contributed by atoms with Crippen molar-refractivity contribution in [2.24, 2.45) is 10.9 Å². The Kier molecular flexibility index (Phi) is 3.83. The van der Waals surface area contributed by atoms with E-state index < -0.39 is 6.01 Å². The maximum Gasteiger partial charge on any atom is 0.296 e. The van der Waals surface area contributed by atoms with Gasteiger partial charge >= 0.3 is 0 Å². The standard InChI is InChI=1S/C18H17FN4O2/c1-11-7-20-10-16(19)25-15-3-2-12-4-5-23-17(13(15)6-12)14(9-22-23)18(24)21-8-11/h4-7,9-11H,2-3,8H2,1H3,(H,21,24)/b16-10-,20-7-/t11-/m1/s1. The van der Waals surface area contributed by atoms with Crippen molar-refractivity contribution in [3.8, 4) is 0 Å². The molecule has 0 unspecified atom stereocenters. The zero-order chi connectivity index (χ0) is 17.4. The van der Waals surface area contributed by atoms with Gasteiger partial charge < -0.3 is 10.1 Å². The second kappa shape index (κ2) is 6.16. The average Bonchev–Trinajstić information content (AvgIpc) is 2.96. The molecule has 2 aliphatic heterocycles. The molecular weight excluding hydrogens is 323 g/mol. The van der Waals surface area contributed by atoms with Crippen LogP contribution in [0.4, 0.5) is 4.39 Å². The molecule has 1 aromatic rings. The van der Waals surface area contributed by atoms with Gasteiger partial charge in [0.05, 0.1) is 23.7 Å². The van der Waals surface area contributed by atoms with Crippen LogP contribution < -0.4 is 5.32 Å². The Morgan fingerprint density at radius 3 is 3.16 bits per heavy atom. The van der Waals surface area contributed by atoms with E-state index in [0.717, 1.165) is 18.2 Å². The highest BCUT2D eigenvalue weighted by Crippen LogP contribution is 2.37. The van der Waals surface area contributed by atoms with Gasteiger partial charge in [0.1, 0.15) is 5.76 Å². The summed E-state index contributed by atoms with van der Waals surface area (Å²) in [4.78, 5) is 16.6. The van der Waals surface area contributed by atoms with Gasteiger partial charge in [0.25, 0.3) is 11.9 Å². The summed E-state index contributed by atoms with van der Waals surface area (Å²) in [5, 5.41) is 7.16. The van der Waals surface area contributed by atoms with Crippen LogP contribution in [0.15, 0.2) is 46.9 Å². The molecule has 1 amide bonds. The SMILES string of the molecule is C[C@@H]1/C=N\C=C(\F)OC2=C3C=C(C=Cn4ncc(c43)C(=O)NC1)CC2. The zero-order valence-electron chi connectivity index (χ0n) is 13.7. The molecule has 3 aliphatic rings. The maximum atomic E-state index is 14.1. The fourth-order valence-corrected chi connectivity index (χ4v) is 3.04. The number of rotatable bonds is 0. The summed E-state index contributed by atoms with van der Waals surface area (Å²) in [6, 6.07) is -0.772. The number of ether oxygens (including phenoxy) is 1. The van der Waals surface area contributed by atoms with Crippen LogP contribution in [-0.4, -0.2) is 28.4 Å². The predicted molar refractivity (Wildman–Crippen MR) is 92.1 cm³/mol.